The first-order chi connectivity index (χ1) is 5.52. The molecule has 0 atom stereocenters. The highest BCUT2D eigenvalue weighted by Crippen LogP contribution is 2.21. The molecule has 0 N–H and O–H groups in total. The Kier molecular flexibility index (Phi) is 2.37. The van der Waals surface area contributed by atoms with Crippen molar-refractivity contribution >= 4 is 5.57 Å². The van der Waals surface area contributed by atoms with Crippen molar-refractivity contribution in [2.24, 2.45) is 0 Å². The molecule has 0 amide bonds. The van der Waals surface area contributed by atoms with E-state index >= 15 is 0 Å². The van der Waals surface area contributed by atoms with Gasteiger partial charge in [-0.05, 0) is 44.4 Å². The van der Waals surface area contributed by atoms with Crippen molar-refractivity contribution in [3.05, 3.63) is 41.0 Å². The summed E-state index contributed by atoms with van der Waals surface area (Å²) >= 11 is 0. The van der Waals surface area contributed by atoms with Crippen molar-refractivity contribution in [2.45, 2.75) is 27.7 Å². The van der Waals surface area contributed by atoms with E-state index in [1.165, 1.54) is 22.3 Å². The molecule has 0 aliphatic heterocycles. The first kappa shape index (κ1) is 9.05. The summed E-state index contributed by atoms with van der Waals surface area (Å²) < 4.78 is 0. The largest absolute Gasteiger partial charge is 0.0955 e. The van der Waals surface area contributed by atoms with E-state index in [0.717, 1.165) is 5.57 Å². The third-order valence-corrected chi connectivity index (χ3v) is 2.27. The molecular weight excluding hydrogens is 144 g/mol. The van der Waals surface area contributed by atoms with Gasteiger partial charge in [0.15, 0.2) is 0 Å². The molecule has 0 saturated carbocycles. The number of benzene rings is 1. The molecule has 0 aliphatic rings. The van der Waals surface area contributed by atoms with E-state index in [-0.39, 0.29) is 0 Å². The van der Waals surface area contributed by atoms with Crippen LogP contribution in [-0.2, 0) is 0 Å². The second-order valence-electron chi connectivity index (χ2n) is 3.53. The average Bonchev–Trinajstić information content (AvgIpc) is 1.96. The van der Waals surface area contributed by atoms with Gasteiger partial charge in [0.1, 0.15) is 0 Å². The predicted molar refractivity (Wildman–Crippen MR) is 55.4 cm³/mol. The molecule has 64 valence electrons. The number of hydrogen-bond donors (Lipinski definition) is 0. The summed E-state index contributed by atoms with van der Waals surface area (Å²) in [4.78, 5) is 0. The Labute approximate surface area is 74.9 Å². The summed E-state index contributed by atoms with van der Waals surface area (Å²) in [5.41, 5.74) is 6.48. The van der Waals surface area contributed by atoms with Crippen LogP contribution in [0.25, 0.3) is 5.57 Å². The molecule has 0 saturated heterocycles. The Morgan fingerprint density at radius 1 is 1.17 bits per heavy atom. The zero-order valence-electron chi connectivity index (χ0n) is 8.36. The number of hydrogen-bond acceptors (Lipinski definition) is 0. The van der Waals surface area contributed by atoms with Crippen LogP contribution in [0.4, 0.5) is 0 Å². The van der Waals surface area contributed by atoms with Crippen LogP contribution < -0.4 is 0 Å². The van der Waals surface area contributed by atoms with Crippen molar-refractivity contribution in [1.29, 1.82) is 0 Å². The Bertz CT molecular complexity index is 319. The van der Waals surface area contributed by atoms with Crippen molar-refractivity contribution in [3.8, 4) is 0 Å². The van der Waals surface area contributed by atoms with E-state index in [2.05, 4.69) is 46.4 Å². The van der Waals surface area contributed by atoms with Gasteiger partial charge in [-0.25, -0.2) is 0 Å². The highest BCUT2D eigenvalue weighted by molar-refractivity contribution is 5.66. The van der Waals surface area contributed by atoms with Crippen LogP contribution in [0, 0.1) is 20.8 Å². The summed E-state index contributed by atoms with van der Waals surface area (Å²) in [6.07, 6.45) is 0. The molecule has 1 rings (SSSR count). The average molecular weight is 160 g/mol. The third-order valence-electron chi connectivity index (χ3n) is 2.27. The van der Waals surface area contributed by atoms with E-state index < -0.39 is 0 Å². The number of rotatable bonds is 1. The minimum Gasteiger partial charge on any atom is -0.0955 e. The molecular formula is C12H16. The third kappa shape index (κ3) is 1.58. The summed E-state index contributed by atoms with van der Waals surface area (Å²) in [6, 6.07) is 4.41. The van der Waals surface area contributed by atoms with Gasteiger partial charge in [-0.15, -0.1) is 0 Å². The van der Waals surface area contributed by atoms with Crippen molar-refractivity contribution in [3.63, 3.8) is 0 Å². The van der Waals surface area contributed by atoms with Gasteiger partial charge >= 0.3 is 0 Å². The molecule has 0 fully saturated rings. The Morgan fingerprint density at radius 2 is 1.75 bits per heavy atom. The van der Waals surface area contributed by atoms with Crippen molar-refractivity contribution < 1.29 is 0 Å². The summed E-state index contributed by atoms with van der Waals surface area (Å²) in [7, 11) is 0. The fraction of sp³-hybridized carbons (Fsp3) is 0.333. The second-order valence-corrected chi connectivity index (χ2v) is 3.53. The molecule has 1 aromatic carbocycles. The normalized spacial score (nSPS) is 10.0. The predicted octanol–water partition coefficient (Wildman–Crippen LogP) is 3.64. The SMILES string of the molecule is C=C(C)c1cc(C)cc(C)c1C. The van der Waals surface area contributed by atoms with Gasteiger partial charge in [-0.3, -0.25) is 0 Å². The van der Waals surface area contributed by atoms with Crippen LogP contribution in [0.1, 0.15) is 29.2 Å². The molecule has 0 bridgehead atoms. The Balaban J connectivity index is 3.37. The lowest BCUT2D eigenvalue weighted by molar-refractivity contribution is 1.27. The minimum absolute atomic E-state index is 1.15. The van der Waals surface area contributed by atoms with Crippen LogP contribution >= 0.6 is 0 Å². The molecule has 0 spiro atoms. The minimum atomic E-state index is 1.15. The van der Waals surface area contributed by atoms with E-state index in [1.54, 1.807) is 0 Å². The van der Waals surface area contributed by atoms with E-state index in [9.17, 15) is 0 Å². The van der Waals surface area contributed by atoms with Gasteiger partial charge in [-0.2, -0.15) is 0 Å². The molecule has 0 aromatic heterocycles. The summed E-state index contributed by atoms with van der Waals surface area (Å²) in [5.74, 6) is 0. The Hall–Kier alpha value is -1.04. The topological polar surface area (TPSA) is 0 Å². The van der Waals surface area contributed by atoms with Gasteiger partial charge < -0.3 is 0 Å². The fourth-order valence-corrected chi connectivity index (χ4v) is 1.48. The standard InChI is InChI=1S/C12H16/c1-8(2)12-7-9(3)6-10(4)11(12)5/h6-7H,1H2,2-5H3. The molecule has 0 aliphatic carbocycles. The monoisotopic (exact) mass is 160 g/mol. The highest BCUT2D eigenvalue weighted by Gasteiger charge is 2.02. The fourth-order valence-electron chi connectivity index (χ4n) is 1.48. The molecule has 0 heteroatoms. The molecule has 0 unspecified atom stereocenters. The van der Waals surface area contributed by atoms with Crippen LogP contribution in [-0.4, -0.2) is 0 Å². The molecule has 1 aromatic rings. The molecule has 0 radical (unpaired) electrons. The van der Waals surface area contributed by atoms with Crippen LogP contribution in [0.2, 0.25) is 0 Å². The maximum Gasteiger partial charge on any atom is -0.0199 e. The smallest absolute Gasteiger partial charge is 0.0199 e. The zero-order chi connectivity index (χ0) is 9.30. The van der Waals surface area contributed by atoms with Gasteiger partial charge in [-0.1, -0.05) is 29.8 Å². The van der Waals surface area contributed by atoms with E-state index in [4.69, 9.17) is 0 Å². The van der Waals surface area contributed by atoms with E-state index in [1.807, 2.05) is 0 Å². The van der Waals surface area contributed by atoms with Gasteiger partial charge in [0.05, 0.1) is 0 Å². The molecule has 0 nitrogen and oxygen atoms in total. The highest BCUT2D eigenvalue weighted by atomic mass is 14.1. The van der Waals surface area contributed by atoms with Gasteiger partial charge in [0, 0.05) is 0 Å². The Morgan fingerprint density at radius 3 is 2.25 bits per heavy atom. The van der Waals surface area contributed by atoms with Crippen LogP contribution in [0.5, 0.6) is 0 Å². The second kappa shape index (κ2) is 3.14. The number of allylic oxidation sites excluding steroid dienone is 1. The van der Waals surface area contributed by atoms with E-state index in [0.29, 0.717) is 0 Å². The van der Waals surface area contributed by atoms with Crippen molar-refractivity contribution in [1.82, 2.24) is 0 Å². The maximum absolute atomic E-state index is 3.97. The van der Waals surface area contributed by atoms with Crippen molar-refractivity contribution in [2.75, 3.05) is 0 Å². The first-order valence-corrected chi connectivity index (χ1v) is 4.26. The summed E-state index contributed by atoms with van der Waals surface area (Å²) in [6.45, 7) is 12.4. The summed E-state index contributed by atoms with van der Waals surface area (Å²) in [5, 5.41) is 0. The number of aryl methyl sites for hydroxylation is 2. The maximum atomic E-state index is 3.97. The molecule has 0 heterocycles. The lowest BCUT2D eigenvalue weighted by atomic mass is 9.96. The zero-order valence-corrected chi connectivity index (χ0v) is 8.36. The van der Waals surface area contributed by atoms with Crippen LogP contribution in [0.15, 0.2) is 18.7 Å². The van der Waals surface area contributed by atoms with Crippen LogP contribution in [0.3, 0.4) is 0 Å². The van der Waals surface area contributed by atoms with Gasteiger partial charge in [0.25, 0.3) is 0 Å². The molecule has 12 heavy (non-hydrogen) atoms. The lowest BCUT2D eigenvalue weighted by Gasteiger charge is -2.09. The lowest BCUT2D eigenvalue weighted by Crippen LogP contribution is -1.90. The van der Waals surface area contributed by atoms with Gasteiger partial charge in [0.2, 0.25) is 0 Å². The quantitative estimate of drug-likeness (QED) is 0.588. The first-order valence-electron chi connectivity index (χ1n) is 4.26.